The summed E-state index contributed by atoms with van der Waals surface area (Å²) in [6, 6.07) is 6.11. The summed E-state index contributed by atoms with van der Waals surface area (Å²) < 4.78 is 11.6. The summed E-state index contributed by atoms with van der Waals surface area (Å²) in [4.78, 5) is 4.66. The van der Waals surface area contributed by atoms with E-state index in [-0.39, 0.29) is 0 Å². The van der Waals surface area contributed by atoms with Gasteiger partial charge in [-0.25, -0.2) is 0 Å². The normalized spacial score (nSPS) is 33.4. The van der Waals surface area contributed by atoms with Crippen molar-refractivity contribution in [1.29, 1.82) is 0 Å². The Bertz CT molecular complexity index is 742. The predicted octanol–water partition coefficient (Wildman–Crippen LogP) is 2.74. The maximum atomic E-state index is 10.6. The van der Waals surface area contributed by atoms with E-state index in [9.17, 15) is 5.11 Å². The molecular formula is C26H41N3O3. The van der Waals surface area contributed by atoms with Gasteiger partial charge in [-0.15, -0.1) is 0 Å². The van der Waals surface area contributed by atoms with Gasteiger partial charge < -0.3 is 24.8 Å². The minimum absolute atomic E-state index is 0.309. The highest BCUT2D eigenvalue weighted by atomic mass is 16.5. The van der Waals surface area contributed by atoms with Gasteiger partial charge in [-0.2, -0.15) is 0 Å². The largest absolute Gasteiger partial charge is 0.497 e. The Kier molecular flexibility index (Phi) is 6.66. The molecule has 1 heterocycles. The highest BCUT2D eigenvalue weighted by molar-refractivity contribution is 5.41. The highest BCUT2D eigenvalue weighted by Crippen LogP contribution is 2.55. The topological polar surface area (TPSA) is 57.2 Å². The molecule has 6 heteroatoms. The third kappa shape index (κ3) is 5.09. The molecule has 0 amide bonds. The second-order valence-electron chi connectivity index (χ2n) is 11.1. The van der Waals surface area contributed by atoms with Crippen molar-refractivity contribution < 1.29 is 14.6 Å². The Labute approximate surface area is 193 Å². The molecule has 1 aromatic rings. The second kappa shape index (κ2) is 9.49. The molecule has 4 bridgehead atoms. The Hall–Kier alpha value is -1.34. The lowest BCUT2D eigenvalue weighted by Crippen LogP contribution is -2.58. The first kappa shape index (κ1) is 22.5. The quantitative estimate of drug-likeness (QED) is 0.612. The predicted molar refractivity (Wildman–Crippen MR) is 126 cm³/mol. The number of aliphatic hydroxyl groups is 1. The molecule has 178 valence electrons. The summed E-state index contributed by atoms with van der Waals surface area (Å²) in [5.41, 5.74) is 1.49. The molecule has 6 nitrogen and oxygen atoms in total. The zero-order chi connectivity index (χ0) is 22.1. The number of hydrogen-bond donors (Lipinski definition) is 2. The fourth-order valence-electron chi connectivity index (χ4n) is 7.12. The van der Waals surface area contributed by atoms with Gasteiger partial charge in [0.1, 0.15) is 24.2 Å². The van der Waals surface area contributed by atoms with Crippen molar-refractivity contribution in [1.82, 2.24) is 15.1 Å². The number of methoxy groups -OCH3 is 1. The van der Waals surface area contributed by atoms with Gasteiger partial charge in [0.2, 0.25) is 0 Å². The summed E-state index contributed by atoms with van der Waals surface area (Å²) in [5, 5.41) is 14.6. The molecule has 32 heavy (non-hydrogen) atoms. The number of ether oxygens (including phenoxy) is 2. The number of aliphatic hydroxyl groups excluding tert-OH is 1. The van der Waals surface area contributed by atoms with E-state index >= 15 is 0 Å². The Balaban J connectivity index is 1.19. The summed E-state index contributed by atoms with van der Waals surface area (Å²) in [6.45, 7) is 5.93. The number of β-amino-alcohol motifs (C(OH)–C–C–N with tert-alkyl or cyclic N) is 1. The van der Waals surface area contributed by atoms with Crippen LogP contribution in [0.4, 0.5) is 0 Å². The zero-order valence-electron chi connectivity index (χ0n) is 19.9. The van der Waals surface area contributed by atoms with Crippen LogP contribution in [0, 0.1) is 17.8 Å². The molecule has 1 saturated heterocycles. The van der Waals surface area contributed by atoms with Gasteiger partial charge in [0.05, 0.1) is 7.11 Å². The number of likely N-dealkylation sites (N-methyl/N-ethyl adjacent to an activating group) is 1. The van der Waals surface area contributed by atoms with Crippen LogP contribution in [0.5, 0.6) is 11.5 Å². The van der Waals surface area contributed by atoms with Crippen LogP contribution in [0.15, 0.2) is 18.2 Å². The first-order valence-corrected chi connectivity index (χ1v) is 12.6. The van der Waals surface area contributed by atoms with E-state index in [0.29, 0.717) is 18.7 Å². The van der Waals surface area contributed by atoms with Crippen molar-refractivity contribution in [2.24, 2.45) is 17.8 Å². The van der Waals surface area contributed by atoms with Crippen molar-refractivity contribution in [3.8, 4) is 11.5 Å². The average Bonchev–Trinajstić information content (AvgIpc) is 2.77. The Morgan fingerprint density at radius 1 is 1.06 bits per heavy atom. The molecule has 5 fully saturated rings. The molecule has 4 saturated carbocycles. The monoisotopic (exact) mass is 443 g/mol. The third-order valence-corrected chi connectivity index (χ3v) is 8.46. The SMILES string of the molecule is COc1ccc(CNC23CC4CC(CC(C4)C2)C3)c(OC[C@H](O)CN2CCN(C)CC2)c1. The van der Waals surface area contributed by atoms with Gasteiger partial charge in [0.15, 0.2) is 0 Å². The molecule has 0 aromatic heterocycles. The number of nitrogens with zero attached hydrogens (tertiary/aromatic N) is 2. The van der Waals surface area contributed by atoms with E-state index in [1.54, 1.807) is 7.11 Å². The van der Waals surface area contributed by atoms with Crippen molar-refractivity contribution in [2.75, 3.05) is 53.5 Å². The lowest BCUT2D eigenvalue weighted by atomic mass is 9.53. The lowest BCUT2D eigenvalue weighted by Gasteiger charge is -2.57. The van der Waals surface area contributed by atoms with Crippen molar-refractivity contribution in [3.63, 3.8) is 0 Å². The van der Waals surface area contributed by atoms with E-state index in [1.165, 1.54) is 38.5 Å². The molecule has 1 aliphatic heterocycles. The van der Waals surface area contributed by atoms with Gasteiger partial charge in [-0.1, -0.05) is 6.07 Å². The van der Waals surface area contributed by atoms with Crippen molar-refractivity contribution >= 4 is 0 Å². The van der Waals surface area contributed by atoms with Gasteiger partial charge in [-0.3, -0.25) is 4.90 Å². The molecule has 6 rings (SSSR count). The first-order valence-electron chi connectivity index (χ1n) is 12.6. The fourth-order valence-corrected chi connectivity index (χ4v) is 7.12. The molecule has 0 radical (unpaired) electrons. The summed E-state index contributed by atoms with van der Waals surface area (Å²) in [5.74, 6) is 4.44. The molecule has 1 atom stereocenters. The summed E-state index contributed by atoms with van der Waals surface area (Å²) in [7, 11) is 3.84. The van der Waals surface area contributed by atoms with E-state index in [1.807, 2.05) is 12.1 Å². The van der Waals surface area contributed by atoms with Crippen LogP contribution in [0.25, 0.3) is 0 Å². The van der Waals surface area contributed by atoms with Gasteiger partial charge in [0.25, 0.3) is 0 Å². The Morgan fingerprint density at radius 3 is 2.34 bits per heavy atom. The van der Waals surface area contributed by atoms with Crippen LogP contribution in [0.3, 0.4) is 0 Å². The number of rotatable bonds is 9. The van der Waals surface area contributed by atoms with E-state index in [2.05, 4.69) is 28.2 Å². The van der Waals surface area contributed by atoms with E-state index in [4.69, 9.17) is 9.47 Å². The molecule has 1 aromatic carbocycles. The number of benzene rings is 1. The van der Waals surface area contributed by atoms with Gasteiger partial charge in [0, 0.05) is 56.4 Å². The lowest BCUT2D eigenvalue weighted by molar-refractivity contribution is -0.0207. The fraction of sp³-hybridized carbons (Fsp3) is 0.769. The van der Waals surface area contributed by atoms with Crippen LogP contribution < -0.4 is 14.8 Å². The summed E-state index contributed by atoms with van der Waals surface area (Å²) in [6.07, 6.45) is 7.92. The van der Waals surface area contributed by atoms with Gasteiger partial charge >= 0.3 is 0 Å². The average molecular weight is 444 g/mol. The molecule has 5 aliphatic rings. The molecule has 2 N–H and O–H groups in total. The minimum atomic E-state index is -0.492. The number of nitrogens with one attached hydrogen (secondary N) is 1. The first-order chi connectivity index (χ1) is 15.5. The van der Waals surface area contributed by atoms with E-state index < -0.39 is 6.10 Å². The molecule has 0 unspecified atom stereocenters. The van der Waals surface area contributed by atoms with Gasteiger partial charge in [-0.05, 0) is 69.4 Å². The van der Waals surface area contributed by atoms with Crippen LogP contribution >= 0.6 is 0 Å². The summed E-state index contributed by atoms with van der Waals surface area (Å²) >= 11 is 0. The van der Waals surface area contributed by atoms with Crippen molar-refractivity contribution in [2.45, 2.75) is 56.7 Å². The van der Waals surface area contributed by atoms with Crippen LogP contribution in [0.2, 0.25) is 0 Å². The third-order valence-electron chi connectivity index (χ3n) is 8.46. The molecular weight excluding hydrogens is 402 g/mol. The van der Waals surface area contributed by atoms with Crippen LogP contribution in [-0.2, 0) is 6.54 Å². The van der Waals surface area contributed by atoms with Crippen LogP contribution in [0.1, 0.15) is 44.1 Å². The highest BCUT2D eigenvalue weighted by Gasteiger charge is 2.50. The van der Waals surface area contributed by atoms with Crippen molar-refractivity contribution in [3.05, 3.63) is 23.8 Å². The molecule has 0 spiro atoms. The van der Waals surface area contributed by atoms with E-state index in [0.717, 1.165) is 67.5 Å². The minimum Gasteiger partial charge on any atom is -0.497 e. The maximum absolute atomic E-state index is 10.6. The second-order valence-corrected chi connectivity index (χ2v) is 11.1. The maximum Gasteiger partial charge on any atom is 0.127 e. The standard InChI is InChI=1S/C26H41N3O3/c1-28-5-7-29(8-6-28)17-23(30)18-32-25-12-24(31-2)4-3-22(25)16-27-26-13-19-9-20(14-26)11-21(10-19)15-26/h3-4,12,19-21,23,27,30H,5-11,13-18H2,1-2H3/t19?,20?,21?,23-,26?/m1/s1. The number of piperazine rings is 1. The smallest absolute Gasteiger partial charge is 0.127 e. The number of hydrogen-bond acceptors (Lipinski definition) is 6. The molecule has 4 aliphatic carbocycles. The Morgan fingerprint density at radius 2 is 1.72 bits per heavy atom. The zero-order valence-corrected chi connectivity index (χ0v) is 19.9. The van der Waals surface area contributed by atoms with Crippen LogP contribution in [-0.4, -0.2) is 80.0 Å².